The highest BCUT2D eigenvalue weighted by molar-refractivity contribution is 5.99. The SMILES string of the molecule is CCOc1ccc(OCC)c(NC(=O)C(N)(CC)CC)c1. The van der Waals surface area contributed by atoms with E-state index in [4.69, 9.17) is 15.2 Å². The van der Waals surface area contributed by atoms with Crippen LogP contribution in [0.5, 0.6) is 11.5 Å². The van der Waals surface area contributed by atoms with Crippen molar-refractivity contribution >= 4 is 11.6 Å². The minimum atomic E-state index is -0.870. The number of hydrogen-bond acceptors (Lipinski definition) is 4. The summed E-state index contributed by atoms with van der Waals surface area (Å²) >= 11 is 0. The number of amides is 1. The zero-order valence-electron chi connectivity index (χ0n) is 13.4. The van der Waals surface area contributed by atoms with E-state index in [2.05, 4.69) is 5.32 Å². The van der Waals surface area contributed by atoms with Gasteiger partial charge in [-0.15, -0.1) is 0 Å². The van der Waals surface area contributed by atoms with Crippen molar-refractivity contribution < 1.29 is 14.3 Å². The molecular weight excluding hydrogens is 268 g/mol. The lowest BCUT2D eigenvalue weighted by Crippen LogP contribution is -2.50. The van der Waals surface area contributed by atoms with E-state index < -0.39 is 5.54 Å². The standard InChI is InChI=1S/C16H26N2O3/c1-5-16(17,6-2)15(19)18-13-11-12(20-7-3)9-10-14(13)21-8-4/h9-11H,5-8,17H2,1-4H3,(H,18,19). The first-order valence-electron chi connectivity index (χ1n) is 7.50. The number of anilines is 1. The van der Waals surface area contributed by atoms with Crippen molar-refractivity contribution in [3.8, 4) is 11.5 Å². The molecule has 0 saturated carbocycles. The van der Waals surface area contributed by atoms with E-state index in [9.17, 15) is 4.79 Å². The molecule has 0 atom stereocenters. The number of hydrogen-bond donors (Lipinski definition) is 2. The first-order valence-corrected chi connectivity index (χ1v) is 7.50. The van der Waals surface area contributed by atoms with Crippen molar-refractivity contribution in [2.75, 3.05) is 18.5 Å². The van der Waals surface area contributed by atoms with Gasteiger partial charge >= 0.3 is 0 Å². The maximum Gasteiger partial charge on any atom is 0.244 e. The minimum absolute atomic E-state index is 0.206. The molecule has 0 radical (unpaired) electrons. The van der Waals surface area contributed by atoms with Gasteiger partial charge in [-0.25, -0.2) is 0 Å². The summed E-state index contributed by atoms with van der Waals surface area (Å²) in [4.78, 5) is 12.4. The molecule has 0 aromatic heterocycles. The van der Waals surface area contributed by atoms with Crippen molar-refractivity contribution in [2.45, 2.75) is 46.1 Å². The normalized spacial score (nSPS) is 11.1. The van der Waals surface area contributed by atoms with E-state index in [0.717, 1.165) is 0 Å². The highest BCUT2D eigenvalue weighted by Gasteiger charge is 2.30. The third-order valence-corrected chi connectivity index (χ3v) is 3.52. The molecule has 1 aromatic carbocycles. The second-order valence-electron chi connectivity index (χ2n) is 4.84. The summed E-state index contributed by atoms with van der Waals surface area (Å²) in [6.45, 7) is 8.70. The van der Waals surface area contributed by atoms with Gasteiger partial charge in [0.1, 0.15) is 11.5 Å². The Kier molecular flexibility index (Phi) is 6.49. The zero-order valence-corrected chi connectivity index (χ0v) is 13.4. The Morgan fingerprint density at radius 1 is 1.14 bits per heavy atom. The number of rotatable bonds is 8. The number of carbonyl (C=O) groups excluding carboxylic acids is 1. The first-order chi connectivity index (χ1) is 10.0. The molecule has 5 nitrogen and oxygen atoms in total. The molecule has 0 fully saturated rings. The summed E-state index contributed by atoms with van der Waals surface area (Å²) in [7, 11) is 0. The molecule has 0 spiro atoms. The Morgan fingerprint density at radius 2 is 1.76 bits per heavy atom. The second kappa shape index (κ2) is 7.88. The van der Waals surface area contributed by atoms with Gasteiger partial charge in [0.25, 0.3) is 0 Å². The van der Waals surface area contributed by atoms with Crippen LogP contribution in [0.2, 0.25) is 0 Å². The van der Waals surface area contributed by atoms with Crippen LogP contribution < -0.4 is 20.5 Å². The van der Waals surface area contributed by atoms with Crippen molar-refractivity contribution in [3.63, 3.8) is 0 Å². The van der Waals surface area contributed by atoms with E-state index >= 15 is 0 Å². The molecule has 1 rings (SSSR count). The summed E-state index contributed by atoms with van der Waals surface area (Å²) in [6, 6.07) is 5.37. The van der Waals surface area contributed by atoms with Crippen LogP contribution in [0.15, 0.2) is 18.2 Å². The van der Waals surface area contributed by atoms with E-state index in [1.165, 1.54) is 0 Å². The maximum absolute atomic E-state index is 12.4. The quantitative estimate of drug-likeness (QED) is 0.773. The number of carbonyl (C=O) groups is 1. The molecule has 21 heavy (non-hydrogen) atoms. The van der Waals surface area contributed by atoms with E-state index in [1.54, 1.807) is 12.1 Å². The van der Waals surface area contributed by atoms with Crippen molar-refractivity contribution in [1.82, 2.24) is 0 Å². The smallest absolute Gasteiger partial charge is 0.244 e. The van der Waals surface area contributed by atoms with Crippen molar-refractivity contribution in [3.05, 3.63) is 18.2 Å². The third-order valence-electron chi connectivity index (χ3n) is 3.52. The predicted octanol–water partition coefficient (Wildman–Crippen LogP) is 2.94. The van der Waals surface area contributed by atoms with Gasteiger partial charge in [0.2, 0.25) is 5.91 Å². The number of benzene rings is 1. The van der Waals surface area contributed by atoms with Crippen LogP contribution in [-0.2, 0) is 4.79 Å². The summed E-state index contributed by atoms with van der Waals surface area (Å²) < 4.78 is 11.0. The van der Waals surface area contributed by atoms with Gasteiger partial charge < -0.3 is 20.5 Å². The Labute approximate surface area is 126 Å². The highest BCUT2D eigenvalue weighted by atomic mass is 16.5. The molecule has 0 saturated heterocycles. The van der Waals surface area contributed by atoms with Gasteiger partial charge in [0, 0.05) is 6.07 Å². The molecule has 1 amide bonds. The molecule has 5 heteroatoms. The monoisotopic (exact) mass is 294 g/mol. The fourth-order valence-corrected chi connectivity index (χ4v) is 1.96. The van der Waals surface area contributed by atoms with E-state index in [1.807, 2.05) is 33.8 Å². The lowest BCUT2D eigenvalue weighted by Gasteiger charge is -2.26. The van der Waals surface area contributed by atoms with Crippen molar-refractivity contribution in [2.24, 2.45) is 5.73 Å². The van der Waals surface area contributed by atoms with Crippen LogP contribution in [-0.4, -0.2) is 24.7 Å². The molecule has 0 bridgehead atoms. The molecule has 3 N–H and O–H groups in total. The van der Waals surface area contributed by atoms with Crippen LogP contribution in [0, 0.1) is 0 Å². The van der Waals surface area contributed by atoms with E-state index in [-0.39, 0.29) is 5.91 Å². The Balaban J connectivity index is 3.03. The van der Waals surface area contributed by atoms with Crippen LogP contribution in [0.25, 0.3) is 0 Å². The number of nitrogens with one attached hydrogen (secondary N) is 1. The number of ether oxygens (including phenoxy) is 2. The average molecular weight is 294 g/mol. The third kappa shape index (κ3) is 4.36. The topological polar surface area (TPSA) is 73.6 Å². The molecule has 0 aliphatic carbocycles. The summed E-state index contributed by atoms with van der Waals surface area (Å²) in [5, 5.41) is 2.87. The fourth-order valence-electron chi connectivity index (χ4n) is 1.96. The van der Waals surface area contributed by atoms with Crippen LogP contribution in [0.1, 0.15) is 40.5 Å². The summed E-state index contributed by atoms with van der Waals surface area (Å²) in [5.74, 6) is 1.10. The molecule has 1 aromatic rings. The molecule has 0 heterocycles. The van der Waals surface area contributed by atoms with Crippen LogP contribution >= 0.6 is 0 Å². The second-order valence-corrected chi connectivity index (χ2v) is 4.84. The molecule has 0 aliphatic heterocycles. The molecular formula is C16H26N2O3. The molecule has 0 unspecified atom stereocenters. The Morgan fingerprint density at radius 3 is 2.29 bits per heavy atom. The Hall–Kier alpha value is -1.75. The van der Waals surface area contributed by atoms with Crippen LogP contribution in [0.4, 0.5) is 5.69 Å². The summed E-state index contributed by atoms with van der Waals surface area (Å²) in [5.41, 5.74) is 5.84. The average Bonchev–Trinajstić information content (AvgIpc) is 2.49. The Bertz CT molecular complexity index is 471. The lowest BCUT2D eigenvalue weighted by molar-refractivity contribution is -0.121. The molecule has 0 aliphatic rings. The van der Waals surface area contributed by atoms with Gasteiger partial charge in [0.15, 0.2) is 0 Å². The van der Waals surface area contributed by atoms with Gasteiger partial charge in [0.05, 0.1) is 24.4 Å². The maximum atomic E-state index is 12.4. The number of nitrogens with two attached hydrogens (primary N) is 1. The van der Waals surface area contributed by atoms with Gasteiger partial charge in [-0.1, -0.05) is 13.8 Å². The zero-order chi connectivity index (χ0) is 15.9. The van der Waals surface area contributed by atoms with Gasteiger partial charge in [-0.3, -0.25) is 4.79 Å². The van der Waals surface area contributed by atoms with Crippen molar-refractivity contribution in [1.29, 1.82) is 0 Å². The lowest BCUT2D eigenvalue weighted by atomic mass is 9.93. The van der Waals surface area contributed by atoms with E-state index in [0.29, 0.717) is 43.2 Å². The van der Waals surface area contributed by atoms with Crippen LogP contribution in [0.3, 0.4) is 0 Å². The van der Waals surface area contributed by atoms with Gasteiger partial charge in [-0.05, 0) is 38.8 Å². The fraction of sp³-hybridized carbons (Fsp3) is 0.562. The summed E-state index contributed by atoms with van der Waals surface area (Å²) in [6.07, 6.45) is 1.15. The first kappa shape index (κ1) is 17.3. The van der Waals surface area contributed by atoms with Gasteiger partial charge in [-0.2, -0.15) is 0 Å². The highest BCUT2D eigenvalue weighted by Crippen LogP contribution is 2.30. The largest absolute Gasteiger partial charge is 0.494 e. The minimum Gasteiger partial charge on any atom is -0.494 e. The predicted molar refractivity (Wildman–Crippen MR) is 84.9 cm³/mol. The molecule has 118 valence electrons.